The van der Waals surface area contributed by atoms with Crippen LogP contribution in [0.25, 0.3) is 0 Å². The number of carbonyl (C=O) groups is 1. The molecule has 0 bridgehead atoms. The summed E-state index contributed by atoms with van der Waals surface area (Å²) in [6, 6.07) is 4.03. The first kappa shape index (κ1) is 9.57. The third-order valence-corrected chi connectivity index (χ3v) is 3.36. The van der Waals surface area contributed by atoms with E-state index >= 15 is 0 Å². The molecule has 0 fully saturated rings. The lowest BCUT2D eigenvalue weighted by Gasteiger charge is -1.97. The van der Waals surface area contributed by atoms with Gasteiger partial charge in [0.1, 0.15) is 0 Å². The second kappa shape index (κ2) is 5.18. The van der Waals surface area contributed by atoms with Gasteiger partial charge >= 0.3 is 0 Å². The summed E-state index contributed by atoms with van der Waals surface area (Å²) >= 11 is 3.36. The predicted octanol–water partition coefficient (Wildman–Crippen LogP) is 1.22. The fraction of sp³-hybridized carbons (Fsp3) is 0.286. The molecule has 1 aromatic rings. The number of thiophene rings is 1. The van der Waals surface area contributed by atoms with Crippen molar-refractivity contribution in [2.75, 3.05) is 5.75 Å². The van der Waals surface area contributed by atoms with E-state index in [0.717, 1.165) is 5.75 Å². The number of nitrogens with two attached hydrogens (primary N) is 1. The van der Waals surface area contributed by atoms with Crippen molar-refractivity contribution in [2.24, 2.45) is 5.84 Å². The molecule has 66 valence electrons. The number of thioether (sulfide) groups is 1. The lowest BCUT2D eigenvalue weighted by atomic mass is 10.5. The van der Waals surface area contributed by atoms with Crippen molar-refractivity contribution in [3.63, 3.8) is 0 Å². The van der Waals surface area contributed by atoms with Gasteiger partial charge in [0.15, 0.2) is 0 Å². The monoisotopic (exact) mass is 202 g/mol. The topological polar surface area (TPSA) is 55.1 Å². The third-order valence-electron chi connectivity index (χ3n) is 1.23. The molecule has 0 aliphatic rings. The number of hydrogen-bond donors (Lipinski definition) is 2. The van der Waals surface area contributed by atoms with Gasteiger partial charge in [0.25, 0.3) is 0 Å². The van der Waals surface area contributed by atoms with Gasteiger partial charge in [-0.2, -0.15) is 0 Å². The largest absolute Gasteiger partial charge is 0.294 e. The number of amides is 1. The number of hydrogen-bond acceptors (Lipinski definition) is 4. The van der Waals surface area contributed by atoms with E-state index in [1.807, 2.05) is 17.5 Å². The second-order valence-corrected chi connectivity index (χ2v) is 4.44. The Kier molecular flexibility index (Phi) is 4.13. The van der Waals surface area contributed by atoms with Crippen LogP contribution in [-0.2, 0) is 4.79 Å². The van der Waals surface area contributed by atoms with E-state index in [9.17, 15) is 4.79 Å². The highest BCUT2D eigenvalue weighted by atomic mass is 32.2. The zero-order chi connectivity index (χ0) is 8.81. The normalized spacial score (nSPS) is 9.75. The minimum Gasteiger partial charge on any atom is -0.294 e. The zero-order valence-corrected chi connectivity index (χ0v) is 8.08. The molecule has 0 spiro atoms. The van der Waals surface area contributed by atoms with Gasteiger partial charge in [0.05, 0.1) is 4.21 Å². The van der Waals surface area contributed by atoms with Gasteiger partial charge in [-0.15, -0.1) is 23.1 Å². The Morgan fingerprint density at radius 3 is 3.17 bits per heavy atom. The molecule has 0 saturated carbocycles. The molecule has 1 amide bonds. The molecule has 1 heterocycles. The Morgan fingerprint density at radius 2 is 2.58 bits per heavy atom. The van der Waals surface area contributed by atoms with Crippen LogP contribution in [0, 0.1) is 0 Å². The zero-order valence-electron chi connectivity index (χ0n) is 6.45. The Hall–Kier alpha value is -0.520. The molecule has 0 saturated heterocycles. The Bertz CT molecular complexity index is 236. The van der Waals surface area contributed by atoms with Gasteiger partial charge < -0.3 is 0 Å². The summed E-state index contributed by atoms with van der Waals surface area (Å²) in [5.74, 6) is 5.59. The molecule has 5 heteroatoms. The summed E-state index contributed by atoms with van der Waals surface area (Å²) in [6.07, 6.45) is 0.471. The van der Waals surface area contributed by atoms with Gasteiger partial charge in [-0.3, -0.25) is 10.2 Å². The summed E-state index contributed by atoms with van der Waals surface area (Å²) in [6.45, 7) is 0. The highest BCUT2D eigenvalue weighted by molar-refractivity contribution is 8.01. The van der Waals surface area contributed by atoms with Crippen LogP contribution in [0.1, 0.15) is 6.42 Å². The van der Waals surface area contributed by atoms with E-state index < -0.39 is 0 Å². The van der Waals surface area contributed by atoms with Crippen LogP contribution < -0.4 is 11.3 Å². The molecule has 0 aliphatic heterocycles. The second-order valence-electron chi connectivity index (χ2n) is 2.10. The predicted molar refractivity (Wildman–Crippen MR) is 52.0 cm³/mol. The molecule has 0 radical (unpaired) electrons. The van der Waals surface area contributed by atoms with Gasteiger partial charge in [-0.25, -0.2) is 5.84 Å². The molecular weight excluding hydrogens is 192 g/mol. The van der Waals surface area contributed by atoms with Gasteiger partial charge in [0, 0.05) is 12.2 Å². The van der Waals surface area contributed by atoms with Gasteiger partial charge in [-0.1, -0.05) is 6.07 Å². The van der Waals surface area contributed by atoms with Gasteiger partial charge in [-0.05, 0) is 11.4 Å². The van der Waals surface area contributed by atoms with Crippen molar-refractivity contribution in [3.8, 4) is 0 Å². The first-order valence-electron chi connectivity index (χ1n) is 3.48. The van der Waals surface area contributed by atoms with Crippen LogP contribution in [0.3, 0.4) is 0 Å². The summed E-state index contributed by atoms with van der Waals surface area (Å²) in [5.41, 5.74) is 2.10. The molecule has 0 atom stereocenters. The highest BCUT2D eigenvalue weighted by Gasteiger charge is 1.99. The molecule has 12 heavy (non-hydrogen) atoms. The molecule has 1 rings (SSSR count). The highest BCUT2D eigenvalue weighted by Crippen LogP contribution is 2.23. The van der Waals surface area contributed by atoms with Crippen LogP contribution in [0.2, 0.25) is 0 Å². The molecular formula is C7H10N2OS2. The first-order valence-corrected chi connectivity index (χ1v) is 5.35. The lowest BCUT2D eigenvalue weighted by Crippen LogP contribution is -2.30. The lowest BCUT2D eigenvalue weighted by molar-refractivity contribution is -0.120. The van der Waals surface area contributed by atoms with E-state index in [0.29, 0.717) is 6.42 Å². The molecule has 0 aromatic carbocycles. The fourth-order valence-electron chi connectivity index (χ4n) is 0.662. The number of carbonyl (C=O) groups excluding carboxylic acids is 1. The average molecular weight is 202 g/mol. The van der Waals surface area contributed by atoms with E-state index in [4.69, 9.17) is 5.84 Å². The number of nitrogens with one attached hydrogen (secondary N) is 1. The van der Waals surface area contributed by atoms with Crippen LogP contribution >= 0.6 is 23.1 Å². The molecule has 3 N–H and O–H groups in total. The maximum Gasteiger partial charge on any atom is 0.234 e. The maximum atomic E-state index is 10.7. The van der Waals surface area contributed by atoms with Crippen molar-refractivity contribution in [1.29, 1.82) is 0 Å². The standard InChI is InChI=1S/C7H10N2OS2/c8-9-6(10)3-5-12-7-2-1-4-11-7/h1-2,4H,3,5,8H2,(H,9,10). The van der Waals surface area contributed by atoms with E-state index in [1.165, 1.54) is 4.21 Å². The van der Waals surface area contributed by atoms with Crippen molar-refractivity contribution in [1.82, 2.24) is 5.43 Å². The third kappa shape index (κ3) is 3.25. The van der Waals surface area contributed by atoms with Crippen molar-refractivity contribution in [2.45, 2.75) is 10.6 Å². The summed E-state index contributed by atoms with van der Waals surface area (Å²) in [7, 11) is 0. The quantitative estimate of drug-likeness (QED) is 0.334. The molecule has 1 aromatic heterocycles. The van der Waals surface area contributed by atoms with Crippen molar-refractivity contribution < 1.29 is 4.79 Å². The van der Waals surface area contributed by atoms with E-state index in [2.05, 4.69) is 5.43 Å². The van der Waals surface area contributed by atoms with Crippen LogP contribution in [0.4, 0.5) is 0 Å². The van der Waals surface area contributed by atoms with E-state index in [-0.39, 0.29) is 5.91 Å². The first-order chi connectivity index (χ1) is 5.83. The summed E-state index contributed by atoms with van der Waals surface area (Å²) < 4.78 is 1.24. The smallest absolute Gasteiger partial charge is 0.234 e. The maximum absolute atomic E-state index is 10.7. The number of hydrazine groups is 1. The van der Waals surface area contributed by atoms with Crippen LogP contribution in [0.15, 0.2) is 21.7 Å². The van der Waals surface area contributed by atoms with Crippen molar-refractivity contribution >= 4 is 29.0 Å². The summed E-state index contributed by atoms with van der Waals surface area (Å²) in [5, 5.41) is 2.02. The molecule has 3 nitrogen and oxygen atoms in total. The average Bonchev–Trinajstić information content (AvgIpc) is 2.57. The number of rotatable bonds is 4. The Balaban J connectivity index is 2.15. The fourth-order valence-corrected chi connectivity index (χ4v) is 2.46. The minimum atomic E-state index is -0.112. The Morgan fingerprint density at radius 1 is 1.75 bits per heavy atom. The van der Waals surface area contributed by atoms with Gasteiger partial charge in [0.2, 0.25) is 5.91 Å². The molecule has 0 unspecified atom stereocenters. The van der Waals surface area contributed by atoms with Crippen molar-refractivity contribution in [3.05, 3.63) is 17.5 Å². The SMILES string of the molecule is NNC(=O)CCSc1cccs1. The van der Waals surface area contributed by atoms with E-state index in [1.54, 1.807) is 23.1 Å². The summed E-state index contributed by atoms with van der Waals surface area (Å²) in [4.78, 5) is 10.7. The molecule has 0 aliphatic carbocycles. The minimum absolute atomic E-state index is 0.112. The van der Waals surface area contributed by atoms with Crippen LogP contribution in [-0.4, -0.2) is 11.7 Å². The van der Waals surface area contributed by atoms with Crippen LogP contribution in [0.5, 0.6) is 0 Å². The Labute approximate surface area is 79.3 Å².